The third-order valence-corrected chi connectivity index (χ3v) is 4.22. The van der Waals surface area contributed by atoms with Gasteiger partial charge in [0.05, 0.1) is 0 Å². The SMILES string of the molecule is NC(CC1CCOCC1)c1ccccc1I. The van der Waals surface area contributed by atoms with Crippen LogP contribution in [-0.4, -0.2) is 13.2 Å². The summed E-state index contributed by atoms with van der Waals surface area (Å²) < 4.78 is 6.65. The lowest BCUT2D eigenvalue weighted by molar-refractivity contribution is 0.0618. The normalized spacial score (nSPS) is 19.6. The molecular formula is C13H18INO. The first-order chi connectivity index (χ1) is 7.77. The zero-order chi connectivity index (χ0) is 11.4. The smallest absolute Gasteiger partial charge is 0.0468 e. The summed E-state index contributed by atoms with van der Waals surface area (Å²) in [5.41, 5.74) is 7.57. The van der Waals surface area contributed by atoms with Crippen LogP contribution in [0.25, 0.3) is 0 Å². The molecule has 16 heavy (non-hydrogen) atoms. The van der Waals surface area contributed by atoms with E-state index < -0.39 is 0 Å². The minimum atomic E-state index is 0.177. The van der Waals surface area contributed by atoms with E-state index in [1.807, 2.05) is 0 Å². The van der Waals surface area contributed by atoms with Gasteiger partial charge in [0.25, 0.3) is 0 Å². The second-order valence-corrected chi connectivity index (χ2v) is 5.58. The Morgan fingerprint density at radius 2 is 2.00 bits per heavy atom. The van der Waals surface area contributed by atoms with Crippen LogP contribution in [0, 0.1) is 9.49 Å². The van der Waals surface area contributed by atoms with Crippen LogP contribution in [0.15, 0.2) is 24.3 Å². The molecule has 0 bridgehead atoms. The van der Waals surface area contributed by atoms with Crippen LogP contribution in [0.1, 0.15) is 30.9 Å². The van der Waals surface area contributed by atoms with Crippen molar-refractivity contribution in [3.8, 4) is 0 Å². The summed E-state index contributed by atoms with van der Waals surface area (Å²) in [5.74, 6) is 0.736. The third kappa shape index (κ3) is 3.18. The highest BCUT2D eigenvalue weighted by molar-refractivity contribution is 14.1. The van der Waals surface area contributed by atoms with Gasteiger partial charge in [0.1, 0.15) is 0 Å². The number of ether oxygens (including phenoxy) is 1. The van der Waals surface area contributed by atoms with Gasteiger partial charge in [-0.25, -0.2) is 0 Å². The Kier molecular flexibility index (Phi) is 4.61. The maximum Gasteiger partial charge on any atom is 0.0468 e. The van der Waals surface area contributed by atoms with Gasteiger partial charge in [0, 0.05) is 22.8 Å². The molecule has 1 atom stereocenters. The van der Waals surface area contributed by atoms with E-state index >= 15 is 0 Å². The molecule has 0 radical (unpaired) electrons. The van der Waals surface area contributed by atoms with Gasteiger partial charge in [-0.15, -0.1) is 0 Å². The van der Waals surface area contributed by atoms with Crippen LogP contribution in [0.5, 0.6) is 0 Å². The Bertz CT molecular complexity index is 336. The largest absolute Gasteiger partial charge is 0.381 e. The molecule has 2 rings (SSSR count). The van der Waals surface area contributed by atoms with Crippen molar-refractivity contribution < 1.29 is 4.74 Å². The van der Waals surface area contributed by atoms with E-state index in [1.54, 1.807) is 0 Å². The molecule has 0 spiro atoms. The minimum Gasteiger partial charge on any atom is -0.381 e. The predicted octanol–water partition coefficient (Wildman–Crippen LogP) is 3.11. The summed E-state index contributed by atoms with van der Waals surface area (Å²) in [6, 6.07) is 8.58. The molecule has 2 N–H and O–H groups in total. The fourth-order valence-electron chi connectivity index (χ4n) is 2.24. The standard InChI is InChI=1S/C13H18INO/c14-12-4-2-1-3-11(12)13(15)9-10-5-7-16-8-6-10/h1-4,10,13H,5-9,15H2. The van der Waals surface area contributed by atoms with E-state index in [0.29, 0.717) is 0 Å². The van der Waals surface area contributed by atoms with Gasteiger partial charge in [-0.2, -0.15) is 0 Å². The van der Waals surface area contributed by atoms with Crippen molar-refractivity contribution in [2.24, 2.45) is 11.7 Å². The van der Waals surface area contributed by atoms with Crippen LogP contribution in [-0.2, 0) is 4.74 Å². The van der Waals surface area contributed by atoms with Gasteiger partial charge in [-0.05, 0) is 59.4 Å². The Morgan fingerprint density at radius 1 is 1.31 bits per heavy atom. The molecule has 1 heterocycles. The summed E-state index contributed by atoms with van der Waals surface area (Å²) in [7, 11) is 0. The lowest BCUT2D eigenvalue weighted by Gasteiger charge is -2.25. The summed E-state index contributed by atoms with van der Waals surface area (Å²) in [6.07, 6.45) is 3.41. The van der Waals surface area contributed by atoms with Crippen molar-refractivity contribution in [1.29, 1.82) is 0 Å². The van der Waals surface area contributed by atoms with Crippen LogP contribution in [0.3, 0.4) is 0 Å². The van der Waals surface area contributed by atoms with Crippen LogP contribution < -0.4 is 5.73 Å². The van der Waals surface area contributed by atoms with Crippen molar-refractivity contribution in [3.05, 3.63) is 33.4 Å². The van der Waals surface area contributed by atoms with Crippen molar-refractivity contribution in [3.63, 3.8) is 0 Å². The summed E-state index contributed by atoms with van der Waals surface area (Å²) in [4.78, 5) is 0. The van der Waals surface area contributed by atoms with Gasteiger partial charge < -0.3 is 10.5 Å². The fraction of sp³-hybridized carbons (Fsp3) is 0.538. The van der Waals surface area contributed by atoms with Crippen molar-refractivity contribution >= 4 is 22.6 Å². The van der Waals surface area contributed by atoms with E-state index in [1.165, 1.54) is 9.13 Å². The molecule has 0 aliphatic carbocycles. The van der Waals surface area contributed by atoms with Crippen LogP contribution in [0.4, 0.5) is 0 Å². The number of hydrogen-bond acceptors (Lipinski definition) is 2. The van der Waals surface area contributed by atoms with Crippen molar-refractivity contribution in [2.75, 3.05) is 13.2 Å². The molecule has 1 saturated heterocycles. The Morgan fingerprint density at radius 3 is 2.69 bits per heavy atom. The number of benzene rings is 1. The topological polar surface area (TPSA) is 35.2 Å². The average molecular weight is 331 g/mol. The van der Waals surface area contributed by atoms with E-state index in [4.69, 9.17) is 10.5 Å². The predicted molar refractivity (Wildman–Crippen MR) is 74.2 cm³/mol. The van der Waals surface area contributed by atoms with E-state index in [9.17, 15) is 0 Å². The Labute approximate surface area is 111 Å². The molecule has 0 amide bonds. The molecule has 1 aliphatic rings. The second kappa shape index (κ2) is 5.98. The van der Waals surface area contributed by atoms with E-state index in [0.717, 1.165) is 38.4 Å². The Hall–Kier alpha value is -0.130. The highest BCUT2D eigenvalue weighted by Crippen LogP contribution is 2.28. The van der Waals surface area contributed by atoms with Gasteiger partial charge in [0.15, 0.2) is 0 Å². The zero-order valence-electron chi connectivity index (χ0n) is 9.36. The molecular weight excluding hydrogens is 313 g/mol. The third-order valence-electron chi connectivity index (χ3n) is 3.23. The first-order valence-corrected chi connectivity index (χ1v) is 6.93. The van der Waals surface area contributed by atoms with Gasteiger partial charge in [-0.1, -0.05) is 18.2 Å². The van der Waals surface area contributed by atoms with Crippen molar-refractivity contribution in [1.82, 2.24) is 0 Å². The van der Waals surface area contributed by atoms with E-state index in [-0.39, 0.29) is 6.04 Å². The molecule has 1 aromatic rings. The number of halogens is 1. The molecule has 2 nitrogen and oxygen atoms in total. The molecule has 1 fully saturated rings. The van der Waals surface area contributed by atoms with Gasteiger partial charge in [-0.3, -0.25) is 0 Å². The lowest BCUT2D eigenvalue weighted by atomic mass is 9.90. The Balaban J connectivity index is 1.96. The summed E-state index contributed by atoms with van der Waals surface area (Å²) in [6.45, 7) is 1.81. The molecule has 1 aliphatic heterocycles. The lowest BCUT2D eigenvalue weighted by Crippen LogP contribution is -2.22. The maximum absolute atomic E-state index is 6.28. The average Bonchev–Trinajstić information content (AvgIpc) is 2.31. The van der Waals surface area contributed by atoms with Crippen molar-refractivity contribution in [2.45, 2.75) is 25.3 Å². The zero-order valence-corrected chi connectivity index (χ0v) is 11.5. The van der Waals surface area contributed by atoms with Crippen LogP contribution in [0.2, 0.25) is 0 Å². The quantitative estimate of drug-likeness (QED) is 0.864. The first kappa shape index (κ1) is 12.3. The highest BCUT2D eigenvalue weighted by Gasteiger charge is 2.18. The number of rotatable bonds is 3. The van der Waals surface area contributed by atoms with E-state index in [2.05, 4.69) is 46.9 Å². The highest BCUT2D eigenvalue weighted by atomic mass is 127. The second-order valence-electron chi connectivity index (χ2n) is 4.42. The molecule has 88 valence electrons. The fourth-order valence-corrected chi connectivity index (χ4v) is 3.03. The van der Waals surface area contributed by atoms with Crippen LogP contribution >= 0.6 is 22.6 Å². The summed E-state index contributed by atoms with van der Waals surface area (Å²) >= 11 is 2.37. The number of hydrogen-bond donors (Lipinski definition) is 1. The maximum atomic E-state index is 6.28. The molecule has 1 unspecified atom stereocenters. The molecule has 1 aromatic carbocycles. The number of nitrogens with two attached hydrogens (primary N) is 1. The van der Waals surface area contributed by atoms with Gasteiger partial charge in [0.2, 0.25) is 0 Å². The molecule has 3 heteroatoms. The van der Waals surface area contributed by atoms with Gasteiger partial charge >= 0.3 is 0 Å². The molecule has 0 aromatic heterocycles. The monoisotopic (exact) mass is 331 g/mol. The first-order valence-electron chi connectivity index (χ1n) is 5.85. The molecule has 0 saturated carbocycles. The minimum absolute atomic E-state index is 0.177. The summed E-state index contributed by atoms with van der Waals surface area (Å²) in [5, 5.41) is 0.